The molecule has 0 bridgehead atoms. The standard InChI is InChI=1S/C17H19N5O3S2/c1-11-7-15(21-20-11)19-16(23)8-22(12-5-3-2-4-6-12)17-18-13-9-27(24,25)10-14(13)26-17/h2-7,13-14H,8-10H2,1H3,(H2,19,20,21,23)/t13-,14-/m0/s1. The van der Waals surface area contributed by atoms with Crippen LogP contribution in [0, 0.1) is 6.92 Å². The van der Waals surface area contributed by atoms with E-state index in [0.717, 1.165) is 11.4 Å². The van der Waals surface area contributed by atoms with E-state index >= 15 is 0 Å². The molecule has 2 aliphatic rings. The van der Waals surface area contributed by atoms with Crippen LogP contribution in [-0.2, 0) is 14.6 Å². The fraction of sp³-hybridized carbons (Fsp3) is 0.353. The SMILES string of the molecule is Cc1cc(NC(=O)CN(C2=N[C@H]3CS(=O)(=O)C[C@@H]3S2)c2ccccc2)n[nH]1. The van der Waals surface area contributed by atoms with Crippen LogP contribution in [-0.4, -0.2) is 59.0 Å². The van der Waals surface area contributed by atoms with Crippen LogP contribution in [0.2, 0.25) is 0 Å². The molecule has 0 aliphatic carbocycles. The van der Waals surface area contributed by atoms with E-state index in [1.165, 1.54) is 11.8 Å². The summed E-state index contributed by atoms with van der Waals surface area (Å²) in [6, 6.07) is 11.0. The molecule has 142 valence electrons. The highest BCUT2D eigenvalue weighted by Gasteiger charge is 2.44. The van der Waals surface area contributed by atoms with E-state index in [2.05, 4.69) is 20.5 Å². The minimum atomic E-state index is -3.02. The molecule has 4 rings (SSSR count). The Bertz CT molecular complexity index is 987. The smallest absolute Gasteiger partial charge is 0.245 e. The Balaban J connectivity index is 1.54. The van der Waals surface area contributed by atoms with Gasteiger partial charge in [0.2, 0.25) is 5.91 Å². The van der Waals surface area contributed by atoms with Crippen LogP contribution in [0.25, 0.3) is 0 Å². The average molecular weight is 406 g/mol. The quantitative estimate of drug-likeness (QED) is 0.797. The topological polar surface area (TPSA) is 108 Å². The molecular weight excluding hydrogens is 386 g/mol. The number of sulfone groups is 1. The number of anilines is 2. The maximum absolute atomic E-state index is 12.5. The van der Waals surface area contributed by atoms with Gasteiger partial charge in [0, 0.05) is 22.7 Å². The van der Waals surface area contributed by atoms with Gasteiger partial charge in [-0.1, -0.05) is 30.0 Å². The number of thioether (sulfide) groups is 1. The van der Waals surface area contributed by atoms with Crippen molar-refractivity contribution in [1.29, 1.82) is 0 Å². The second-order valence-corrected chi connectivity index (χ2v) is 9.98. The number of nitrogens with zero attached hydrogens (tertiary/aromatic N) is 3. The van der Waals surface area contributed by atoms with Crippen LogP contribution < -0.4 is 10.2 Å². The first-order valence-electron chi connectivity index (χ1n) is 8.49. The van der Waals surface area contributed by atoms with Crippen molar-refractivity contribution in [1.82, 2.24) is 10.2 Å². The van der Waals surface area contributed by atoms with Crippen molar-refractivity contribution < 1.29 is 13.2 Å². The number of carbonyl (C=O) groups excluding carboxylic acids is 1. The first-order chi connectivity index (χ1) is 12.9. The summed E-state index contributed by atoms with van der Waals surface area (Å²) in [5.74, 6) is 0.458. The van der Waals surface area contributed by atoms with E-state index in [4.69, 9.17) is 0 Å². The summed E-state index contributed by atoms with van der Waals surface area (Å²) in [6.07, 6.45) is 0. The van der Waals surface area contributed by atoms with Gasteiger partial charge in [-0.05, 0) is 19.1 Å². The summed E-state index contributed by atoms with van der Waals surface area (Å²) < 4.78 is 23.6. The molecule has 0 radical (unpaired) electrons. The lowest BCUT2D eigenvalue weighted by atomic mass is 10.3. The summed E-state index contributed by atoms with van der Waals surface area (Å²) in [5, 5.41) is 10.2. The number of aryl methyl sites for hydroxylation is 1. The summed E-state index contributed by atoms with van der Waals surface area (Å²) in [7, 11) is -3.02. The first-order valence-corrected chi connectivity index (χ1v) is 11.2. The normalized spacial score (nSPS) is 22.9. The van der Waals surface area contributed by atoms with Gasteiger partial charge in [0.15, 0.2) is 20.8 Å². The van der Waals surface area contributed by atoms with Crippen LogP contribution in [0.5, 0.6) is 0 Å². The predicted molar refractivity (Wildman–Crippen MR) is 107 cm³/mol. The number of nitrogens with one attached hydrogen (secondary N) is 2. The number of carbonyl (C=O) groups is 1. The highest BCUT2D eigenvalue weighted by molar-refractivity contribution is 8.15. The lowest BCUT2D eigenvalue weighted by Gasteiger charge is -2.23. The molecule has 27 heavy (non-hydrogen) atoms. The molecule has 1 fully saturated rings. The molecule has 2 aliphatic heterocycles. The highest BCUT2D eigenvalue weighted by Crippen LogP contribution is 2.36. The number of fused-ring (bicyclic) bond motifs is 1. The third-order valence-electron chi connectivity index (χ3n) is 4.38. The Kier molecular flexibility index (Phi) is 4.68. The van der Waals surface area contributed by atoms with Gasteiger partial charge in [-0.2, -0.15) is 5.10 Å². The van der Waals surface area contributed by atoms with Crippen LogP contribution >= 0.6 is 11.8 Å². The zero-order valence-corrected chi connectivity index (χ0v) is 16.3. The van der Waals surface area contributed by atoms with Gasteiger partial charge >= 0.3 is 0 Å². The zero-order valence-electron chi connectivity index (χ0n) is 14.6. The van der Waals surface area contributed by atoms with Crippen LogP contribution in [0.3, 0.4) is 0 Å². The fourth-order valence-electron chi connectivity index (χ4n) is 3.16. The third-order valence-corrected chi connectivity index (χ3v) is 7.63. The Hall–Kier alpha value is -2.33. The molecule has 0 saturated carbocycles. The molecule has 1 aromatic carbocycles. The largest absolute Gasteiger partial charge is 0.312 e. The highest BCUT2D eigenvalue weighted by atomic mass is 32.2. The molecule has 2 aromatic rings. The van der Waals surface area contributed by atoms with Crippen molar-refractivity contribution in [3.05, 3.63) is 42.1 Å². The van der Waals surface area contributed by atoms with Crippen LogP contribution in [0.4, 0.5) is 11.5 Å². The molecule has 2 atom stereocenters. The molecule has 0 unspecified atom stereocenters. The van der Waals surface area contributed by atoms with Gasteiger partial charge in [0.05, 0.1) is 17.5 Å². The second-order valence-electron chi connectivity index (χ2n) is 6.62. The summed E-state index contributed by atoms with van der Waals surface area (Å²) in [4.78, 5) is 19.0. The molecule has 0 spiro atoms. The van der Waals surface area contributed by atoms with E-state index in [-0.39, 0.29) is 35.2 Å². The molecule has 8 nitrogen and oxygen atoms in total. The summed E-state index contributed by atoms with van der Waals surface area (Å²) in [5.41, 5.74) is 1.69. The van der Waals surface area contributed by atoms with Crippen molar-refractivity contribution in [3.8, 4) is 0 Å². The van der Waals surface area contributed by atoms with E-state index in [0.29, 0.717) is 11.0 Å². The van der Waals surface area contributed by atoms with Gasteiger partial charge in [0.25, 0.3) is 0 Å². The second kappa shape index (κ2) is 7.01. The number of hydrogen-bond acceptors (Lipinski definition) is 7. The number of rotatable bonds is 4. The Morgan fingerprint density at radius 2 is 2.11 bits per heavy atom. The number of amides is 1. The minimum Gasteiger partial charge on any atom is -0.312 e. The maximum atomic E-state index is 12.5. The van der Waals surface area contributed by atoms with E-state index in [9.17, 15) is 13.2 Å². The summed E-state index contributed by atoms with van der Waals surface area (Å²) >= 11 is 1.43. The number of amidine groups is 1. The van der Waals surface area contributed by atoms with Gasteiger partial charge < -0.3 is 10.2 Å². The van der Waals surface area contributed by atoms with Crippen molar-refractivity contribution in [2.45, 2.75) is 18.2 Å². The Morgan fingerprint density at radius 1 is 1.33 bits per heavy atom. The first kappa shape index (κ1) is 18.1. The average Bonchev–Trinajstić information content (AvgIpc) is 3.26. The molecule has 2 N–H and O–H groups in total. The Labute approximate surface area is 161 Å². The minimum absolute atomic E-state index is 0.0634. The molecule has 1 aromatic heterocycles. The zero-order chi connectivity index (χ0) is 19.0. The number of H-pyrrole nitrogens is 1. The monoisotopic (exact) mass is 405 g/mol. The van der Waals surface area contributed by atoms with Crippen molar-refractivity contribution in [2.75, 3.05) is 28.3 Å². The lowest BCUT2D eigenvalue weighted by molar-refractivity contribution is -0.114. The fourth-order valence-corrected chi connectivity index (χ4v) is 6.94. The number of para-hydroxylation sites is 1. The van der Waals surface area contributed by atoms with Gasteiger partial charge in [0.1, 0.15) is 6.54 Å². The van der Waals surface area contributed by atoms with E-state index < -0.39 is 9.84 Å². The molecule has 3 heterocycles. The van der Waals surface area contributed by atoms with Gasteiger partial charge in [-0.3, -0.25) is 14.9 Å². The van der Waals surface area contributed by atoms with Crippen LogP contribution in [0.15, 0.2) is 41.4 Å². The molecule has 10 heteroatoms. The van der Waals surface area contributed by atoms with Crippen molar-refractivity contribution >= 4 is 44.2 Å². The van der Waals surface area contributed by atoms with Crippen molar-refractivity contribution in [3.63, 3.8) is 0 Å². The van der Waals surface area contributed by atoms with E-state index in [1.54, 1.807) is 6.07 Å². The van der Waals surface area contributed by atoms with Gasteiger partial charge in [-0.15, -0.1) is 0 Å². The maximum Gasteiger partial charge on any atom is 0.245 e. The van der Waals surface area contributed by atoms with Crippen molar-refractivity contribution in [2.24, 2.45) is 4.99 Å². The number of hydrogen-bond donors (Lipinski definition) is 2. The van der Waals surface area contributed by atoms with E-state index in [1.807, 2.05) is 42.2 Å². The lowest BCUT2D eigenvalue weighted by Crippen LogP contribution is -2.36. The Morgan fingerprint density at radius 3 is 2.78 bits per heavy atom. The molecule has 1 amide bonds. The molecular formula is C17H19N5O3S2. The number of aromatic amines is 1. The van der Waals surface area contributed by atoms with Crippen LogP contribution in [0.1, 0.15) is 5.69 Å². The summed E-state index contributed by atoms with van der Waals surface area (Å²) in [6.45, 7) is 1.92. The number of benzene rings is 1. The van der Waals surface area contributed by atoms with Gasteiger partial charge in [-0.25, -0.2) is 8.42 Å². The third kappa shape index (κ3) is 4.01. The predicted octanol–water partition coefficient (Wildman–Crippen LogP) is 1.43. The molecule has 1 saturated heterocycles. The number of aliphatic imine (C=N–C) groups is 1. The number of aromatic nitrogens is 2.